The Morgan fingerprint density at radius 3 is 2.32 bits per heavy atom. The van der Waals surface area contributed by atoms with Gasteiger partial charge in [0.2, 0.25) is 11.8 Å². The smallest absolute Gasteiger partial charge is 0.262 e. The number of nitrogens with one attached hydrogen (secondary N) is 2. The summed E-state index contributed by atoms with van der Waals surface area (Å²) in [7, 11) is 0. The molecule has 34 heavy (non-hydrogen) atoms. The van der Waals surface area contributed by atoms with E-state index in [1.807, 2.05) is 0 Å². The first-order valence-corrected chi connectivity index (χ1v) is 12.4. The molecular weight excluding hydrogens is 436 g/mol. The summed E-state index contributed by atoms with van der Waals surface area (Å²) in [4.78, 5) is 52.8. The van der Waals surface area contributed by atoms with Crippen LogP contribution in [0.25, 0.3) is 0 Å². The van der Waals surface area contributed by atoms with Gasteiger partial charge in [0, 0.05) is 13.0 Å². The van der Waals surface area contributed by atoms with Crippen LogP contribution in [0, 0.1) is 11.8 Å². The highest BCUT2D eigenvalue weighted by molar-refractivity contribution is 6.23. The predicted molar refractivity (Wildman–Crippen MR) is 123 cm³/mol. The van der Waals surface area contributed by atoms with Crippen molar-refractivity contribution in [2.45, 2.75) is 44.6 Å². The van der Waals surface area contributed by atoms with Crippen molar-refractivity contribution >= 4 is 23.6 Å². The Hall–Kier alpha value is -2.78. The molecule has 1 aromatic rings. The zero-order valence-electron chi connectivity index (χ0n) is 19.4. The highest BCUT2D eigenvalue weighted by Gasteiger charge is 2.44. The summed E-state index contributed by atoms with van der Waals surface area (Å²) in [5.74, 6) is 0.236. The molecule has 182 valence electrons. The Morgan fingerprint density at radius 2 is 1.59 bits per heavy atom. The zero-order valence-corrected chi connectivity index (χ0v) is 19.4. The molecule has 0 spiro atoms. The van der Waals surface area contributed by atoms with E-state index in [4.69, 9.17) is 4.74 Å². The van der Waals surface area contributed by atoms with E-state index in [0.29, 0.717) is 12.4 Å². The first-order valence-electron chi connectivity index (χ1n) is 12.4. The van der Waals surface area contributed by atoms with Crippen molar-refractivity contribution in [3.8, 4) is 5.75 Å². The predicted octanol–water partition coefficient (Wildman–Crippen LogP) is 1.18. The Bertz CT molecular complexity index is 982. The maximum Gasteiger partial charge on any atom is 0.262 e. The van der Waals surface area contributed by atoms with Crippen molar-refractivity contribution < 1.29 is 23.9 Å². The van der Waals surface area contributed by atoms with Crippen LogP contribution in [-0.4, -0.2) is 78.8 Å². The first kappa shape index (κ1) is 23.0. The van der Waals surface area contributed by atoms with Crippen LogP contribution in [0.5, 0.6) is 5.75 Å². The fraction of sp³-hybridized carbons (Fsp3) is 0.600. The van der Waals surface area contributed by atoms with E-state index in [1.165, 1.54) is 25.7 Å². The fourth-order valence-electron chi connectivity index (χ4n) is 5.80. The van der Waals surface area contributed by atoms with Gasteiger partial charge in [-0.1, -0.05) is 0 Å². The molecule has 4 amide bonds. The number of piperidine rings is 3. The molecule has 4 aliphatic rings. The molecule has 1 aromatic carbocycles. The third kappa shape index (κ3) is 4.59. The molecule has 0 aromatic heterocycles. The number of hydrogen-bond donors (Lipinski definition) is 2. The molecule has 3 saturated heterocycles. The van der Waals surface area contributed by atoms with Crippen molar-refractivity contribution in [3.05, 3.63) is 29.3 Å². The van der Waals surface area contributed by atoms with Gasteiger partial charge >= 0.3 is 0 Å². The molecular formula is C25H32N4O5. The van der Waals surface area contributed by atoms with E-state index < -0.39 is 23.8 Å². The lowest BCUT2D eigenvalue weighted by Crippen LogP contribution is -2.54. The van der Waals surface area contributed by atoms with Gasteiger partial charge < -0.3 is 10.1 Å². The largest absolute Gasteiger partial charge is 0.492 e. The normalized spacial score (nSPS) is 24.9. The van der Waals surface area contributed by atoms with Gasteiger partial charge in [-0.3, -0.25) is 34.3 Å². The maximum atomic E-state index is 12.9. The van der Waals surface area contributed by atoms with E-state index in [0.717, 1.165) is 49.5 Å². The van der Waals surface area contributed by atoms with Gasteiger partial charge in [-0.15, -0.1) is 0 Å². The summed E-state index contributed by atoms with van der Waals surface area (Å²) < 4.78 is 5.92. The van der Waals surface area contributed by atoms with E-state index in [1.54, 1.807) is 18.2 Å². The molecule has 4 heterocycles. The van der Waals surface area contributed by atoms with E-state index in [9.17, 15) is 19.2 Å². The number of hydrogen-bond acceptors (Lipinski definition) is 7. The number of ether oxygens (including phenoxy) is 1. The number of likely N-dealkylation sites (tertiary alicyclic amines) is 1. The molecule has 4 aliphatic heterocycles. The molecule has 0 bridgehead atoms. The van der Waals surface area contributed by atoms with Crippen molar-refractivity contribution in [1.82, 2.24) is 20.4 Å². The van der Waals surface area contributed by atoms with E-state index in [-0.39, 0.29) is 29.9 Å². The highest BCUT2D eigenvalue weighted by Crippen LogP contribution is 2.32. The summed E-state index contributed by atoms with van der Waals surface area (Å²) in [5, 5.41) is 5.66. The molecule has 5 rings (SSSR count). The lowest BCUT2D eigenvalue weighted by atomic mass is 9.79. The number of rotatable bonds is 6. The average molecular weight is 469 g/mol. The van der Waals surface area contributed by atoms with Crippen LogP contribution in [0.1, 0.15) is 59.2 Å². The molecule has 0 radical (unpaired) electrons. The second kappa shape index (κ2) is 9.84. The number of nitrogens with zero attached hydrogens (tertiary/aromatic N) is 2. The number of fused-ring (bicyclic) bond motifs is 1. The van der Waals surface area contributed by atoms with Crippen LogP contribution >= 0.6 is 0 Å². The summed E-state index contributed by atoms with van der Waals surface area (Å²) in [5.41, 5.74) is 0.511. The Labute approximate surface area is 199 Å². The number of amides is 4. The summed E-state index contributed by atoms with van der Waals surface area (Å²) in [6, 6.07) is 3.91. The molecule has 1 unspecified atom stereocenters. The van der Waals surface area contributed by atoms with Gasteiger partial charge in [-0.05, 0) is 88.3 Å². The minimum atomic E-state index is -0.956. The molecule has 2 N–H and O–H groups in total. The minimum absolute atomic E-state index is 0.104. The van der Waals surface area contributed by atoms with Crippen LogP contribution in [0.2, 0.25) is 0 Å². The zero-order chi connectivity index (χ0) is 23.7. The SMILES string of the molecule is O=C1CCC(N2C(=O)c3ccc(OCCN4CCC(C5CCNCC5)CC4)cc3C2=O)C(=O)N1. The van der Waals surface area contributed by atoms with Gasteiger partial charge in [0.25, 0.3) is 11.8 Å². The first-order chi connectivity index (χ1) is 16.5. The average Bonchev–Trinajstić information content (AvgIpc) is 3.10. The molecule has 9 nitrogen and oxygen atoms in total. The molecule has 1 atom stereocenters. The minimum Gasteiger partial charge on any atom is -0.492 e. The standard InChI is InChI=1S/C25H32N4O5/c30-22-4-3-21(23(31)27-22)29-24(32)19-2-1-18(15-20(19)25(29)33)34-14-13-28-11-7-17(8-12-28)16-5-9-26-10-6-16/h1-2,15-17,21,26H,3-14H2,(H,27,30,31). The topological polar surface area (TPSA) is 108 Å². The second-order valence-electron chi connectivity index (χ2n) is 9.77. The molecule has 0 saturated carbocycles. The summed E-state index contributed by atoms with van der Waals surface area (Å²) in [6.07, 6.45) is 5.34. The number of benzene rings is 1. The lowest BCUT2D eigenvalue weighted by molar-refractivity contribution is -0.136. The summed E-state index contributed by atoms with van der Waals surface area (Å²) >= 11 is 0. The molecule has 9 heteroatoms. The number of carbonyl (C=O) groups is 4. The van der Waals surface area contributed by atoms with Crippen molar-refractivity contribution in [2.75, 3.05) is 39.3 Å². The van der Waals surface area contributed by atoms with Crippen molar-refractivity contribution in [1.29, 1.82) is 0 Å². The lowest BCUT2D eigenvalue weighted by Gasteiger charge is -2.37. The second-order valence-corrected chi connectivity index (χ2v) is 9.77. The molecule has 3 fully saturated rings. The fourth-order valence-corrected chi connectivity index (χ4v) is 5.80. The third-order valence-electron chi connectivity index (χ3n) is 7.77. The van der Waals surface area contributed by atoms with Gasteiger partial charge in [-0.25, -0.2) is 0 Å². The third-order valence-corrected chi connectivity index (χ3v) is 7.77. The Kier molecular flexibility index (Phi) is 6.65. The van der Waals surface area contributed by atoms with Crippen LogP contribution < -0.4 is 15.4 Å². The van der Waals surface area contributed by atoms with Crippen LogP contribution in [0.3, 0.4) is 0 Å². The Morgan fingerprint density at radius 1 is 0.882 bits per heavy atom. The summed E-state index contributed by atoms with van der Waals surface area (Å²) in [6.45, 7) is 5.82. The Balaban J connectivity index is 1.13. The van der Waals surface area contributed by atoms with Gasteiger partial charge in [0.1, 0.15) is 18.4 Å². The maximum absolute atomic E-state index is 12.9. The van der Waals surface area contributed by atoms with E-state index in [2.05, 4.69) is 15.5 Å². The van der Waals surface area contributed by atoms with E-state index >= 15 is 0 Å². The quantitative estimate of drug-likeness (QED) is 0.604. The molecule has 0 aliphatic carbocycles. The van der Waals surface area contributed by atoms with Gasteiger partial charge in [0.15, 0.2) is 0 Å². The van der Waals surface area contributed by atoms with Crippen LogP contribution in [0.4, 0.5) is 0 Å². The van der Waals surface area contributed by atoms with Gasteiger partial charge in [-0.2, -0.15) is 0 Å². The monoisotopic (exact) mass is 468 g/mol. The number of imide groups is 2. The van der Waals surface area contributed by atoms with Crippen LogP contribution in [-0.2, 0) is 9.59 Å². The number of carbonyl (C=O) groups excluding carboxylic acids is 4. The van der Waals surface area contributed by atoms with Crippen molar-refractivity contribution in [2.24, 2.45) is 11.8 Å². The van der Waals surface area contributed by atoms with Crippen LogP contribution in [0.15, 0.2) is 18.2 Å². The van der Waals surface area contributed by atoms with Crippen molar-refractivity contribution in [3.63, 3.8) is 0 Å². The van der Waals surface area contributed by atoms with Gasteiger partial charge in [0.05, 0.1) is 11.1 Å². The highest BCUT2D eigenvalue weighted by atomic mass is 16.5.